The van der Waals surface area contributed by atoms with Gasteiger partial charge in [0.1, 0.15) is 0 Å². The molecule has 1 heterocycles. The molecule has 5 rings (SSSR count). The van der Waals surface area contributed by atoms with E-state index in [4.69, 9.17) is 14.2 Å². The molecule has 7 heteroatoms. The molecular weight excluding hydrogens is 644 g/mol. The number of hydrogen-bond donors (Lipinski definition) is 1. The van der Waals surface area contributed by atoms with Crippen LogP contribution in [0, 0.1) is 83.5 Å². The molecule has 1 N–H and O–H groups in total. The van der Waals surface area contributed by atoms with Crippen molar-refractivity contribution >= 4 is 0 Å². The first kappa shape index (κ1) is 26.2. The van der Waals surface area contributed by atoms with Crippen LogP contribution < -0.4 is 0 Å². The molecule has 182 valence electrons. The van der Waals surface area contributed by atoms with E-state index in [2.05, 4.69) is 38.9 Å². The summed E-state index contributed by atoms with van der Waals surface area (Å²) in [5, 5.41) is 15.6. The third-order valence-corrected chi connectivity index (χ3v) is 10.4. The second-order valence-electron chi connectivity index (χ2n) is 11.6. The summed E-state index contributed by atoms with van der Waals surface area (Å²) in [5.41, 5.74) is -0.0877. The van der Waals surface area contributed by atoms with Crippen LogP contribution in [0.5, 0.6) is 0 Å². The van der Waals surface area contributed by atoms with Gasteiger partial charge >= 0.3 is 31.1 Å². The smallest absolute Gasteiger partial charge is 0.471 e. The Morgan fingerprint density at radius 2 is 2.00 bits per heavy atom. The molecule has 8 atom stereocenters. The van der Waals surface area contributed by atoms with Gasteiger partial charge in [-0.15, -0.1) is 11.0 Å². The summed E-state index contributed by atoms with van der Waals surface area (Å²) in [7, 11) is 0. The zero-order valence-electron chi connectivity index (χ0n) is 20.6. The number of aliphatic hydroxyl groups is 1. The number of allylic oxidation sites excluding steroid dienone is 1. The summed E-state index contributed by atoms with van der Waals surface area (Å²) in [4.78, 5) is 12.7. The molecule has 4 fully saturated rings. The number of nitroso groups, excluding NO2 is 1. The fraction of sp³-hybridized carbons (Fsp3) is 0.846. The topological polar surface area (TPSA) is 77.4 Å². The maximum absolute atomic E-state index is 12.7. The predicted octanol–water partition coefficient (Wildman–Crippen LogP) is 4.82. The number of rotatable bonds is 4. The monoisotopic (exact) mass is 683 g/mol. The van der Waals surface area contributed by atoms with Crippen LogP contribution in [0.4, 0.5) is 0 Å². The van der Waals surface area contributed by atoms with Crippen LogP contribution in [0.1, 0.15) is 66.2 Å². The van der Waals surface area contributed by atoms with Crippen LogP contribution in [-0.2, 0) is 14.2 Å². The Balaban J connectivity index is 0.00000259. The molecule has 0 aromatic heterocycles. The number of ether oxygens (including phenoxy) is 3. The molecule has 5 aliphatic rings. The minimum Gasteiger partial charge on any atom is -0.471 e. The number of nitrogens with zero attached hydrogens (tertiary/aromatic N) is 1. The second kappa shape index (κ2) is 8.89. The molecule has 0 spiro atoms. The van der Waals surface area contributed by atoms with Crippen molar-refractivity contribution < 1.29 is 50.4 Å². The average Bonchev–Trinajstić information content (AvgIpc) is 3.27. The van der Waals surface area contributed by atoms with Gasteiger partial charge in [-0.1, -0.05) is 63.7 Å². The predicted molar refractivity (Wildman–Crippen MR) is 121 cm³/mol. The van der Waals surface area contributed by atoms with E-state index in [-0.39, 0.29) is 48.4 Å². The summed E-state index contributed by atoms with van der Waals surface area (Å²) in [6.07, 6.45) is 8.20. The Bertz CT molecular complexity index is 800. The van der Waals surface area contributed by atoms with Crippen molar-refractivity contribution in [1.82, 2.24) is 0 Å². The van der Waals surface area contributed by atoms with Crippen molar-refractivity contribution in [3.05, 3.63) is 29.6 Å². The fourth-order valence-electron chi connectivity index (χ4n) is 9.24. The van der Waals surface area contributed by atoms with Gasteiger partial charge in [0.25, 0.3) is 0 Å². The molecule has 5 unspecified atom stereocenters. The van der Waals surface area contributed by atoms with Gasteiger partial charge in [-0.2, -0.15) is 6.08 Å². The molecule has 0 aromatic rings. The van der Waals surface area contributed by atoms with E-state index in [1.165, 1.54) is 5.57 Å². The maximum atomic E-state index is 12.7. The van der Waals surface area contributed by atoms with Gasteiger partial charge in [-0.25, -0.2) is 5.57 Å². The zero-order chi connectivity index (χ0) is 22.9. The standard InChI is InChI=1S/C26H39NO5.U/c1-6-30-18-9-10-23(3)17(14-18)7-8-19-20-13-16(2)26(27-29,25(5)31-11-12-32-25)24(20,4)15-21(28)22(19)23;/h14,16,19-22,28H,1,6-13,15H2,2-5H3;/q-2;+2/t16-,19?,20?,21+,22?,23?,24?,26+;/m0./s1. The summed E-state index contributed by atoms with van der Waals surface area (Å²) in [6.45, 7) is 13.8. The van der Waals surface area contributed by atoms with Crippen LogP contribution in [0.3, 0.4) is 0 Å². The first-order valence-corrected chi connectivity index (χ1v) is 12.5. The van der Waals surface area contributed by atoms with Crippen LogP contribution in [0.25, 0.3) is 0 Å². The van der Waals surface area contributed by atoms with E-state index in [0.29, 0.717) is 38.1 Å². The summed E-state index contributed by atoms with van der Waals surface area (Å²) in [6, 6.07) is 0. The summed E-state index contributed by atoms with van der Waals surface area (Å²) >= 11 is 0. The van der Waals surface area contributed by atoms with Gasteiger partial charge in [0.15, 0.2) is 11.3 Å². The van der Waals surface area contributed by atoms with Crippen molar-refractivity contribution in [2.24, 2.45) is 39.7 Å². The molecule has 0 aromatic carbocycles. The maximum Gasteiger partial charge on any atom is 2.00 e. The Morgan fingerprint density at radius 3 is 2.64 bits per heavy atom. The van der Waals surface area contributed by atoms with Crippen LogP contribution in [-0.4, -0.2) is 42.4 Å². The van der Waals surface area contributed by atoms with Crippen LogP contribution in [0.15, 0.2) is 16.8 Å². The van der Waals surface area contributed by atoms with Crippen molar-refractivity contribution in [2.45, 2.75) is 83.6 Å². The van der Waals surface area contributed by atoms with Gasteiger partial charge in [-0.05, 0) is 43.4 Å². The molecule has 0 bridgehead atoms. The van der Waals surface area contributed by atoms with Gasteiger partial charge in [0, 0.05) is 5.41 Å². The number of hydrogen-bond acceptors (Lipinski definition) is 6. The third kappa shape index (κ3) is 3.36. The minimum absolute atomic E-state index is 0. The van der Waals surface area contributed by atoms with Crippen molar-refractivity contribution in [3.63, 3.8) is 0 Å². The average molecular weight is 684 g/mol. The molecule has 0 amide bonds. The fourth-order valence-corrected chi connectivity index (χ4v) is 9.24. The Hall–Kier alpha value is 0.102. The molecule has 3 saturated carbocycles. The van der Waals surface area contributed by atoms with E-state index in [1.807, 2.05) is 6.92 Å². The molecule has 4 aliphatic carbocycles. The first-order valence-electron chi connectivity index (χ1n) is 12.5. The zero-order valence-corrected chi connectivity index (χ0v) is 24.7. The minimum atomic E-state index is -1.03. The van der Waals surface area contributed by atoms with Gasteiger partial charge in [0.05, 0.1) is 19.3 Å². The Kier molecular flexibility index (Phi) is 7.05. The molecule has 0 radical (unpaired) electrons. The molecule has 6 nitrogen and oxygen atoms in total. The number of aliphatic hydroxyl groups excluding tert-OH is 1. The normalized spacial score (nSPS) is 48.2. The molecule has 33 heavy (non-hydrogen) atoms. The number of fused-ring (bicyclic) bond motifs is 5. The largest absolute Gasteiger partial charge is 2.00 e. The quantitative estimate of drug-likeness (QED) is 0.340. The van der Waals surface area contributed by atoms with E-state index < -0.39 is 22.8 Å². The molecule has 1 saturated heterocycles. The third-order valence-electron chi connectivity index (χ3n) is 10.4. The molecule has 1 aliphatic heterocycles. The first-order chi connectivity index (χ1) is 15.2. The van der Waals surface area contributed by atoms with Crippen molar-refractivity contribution in [3.8, 4) is 0 Å². The van der Waals surface area contributed by atoms with E-state index in [0.717, 1.165) is 38.2 Å². The van der Waals surface area contributed by atoms with Crippen molar-refractivity contribution in [2.75, 3.05) is 19.8 Å². The van der Waals surface area contributed by atoms with Gasteiger partial charge in [-0.3, -0.25) is 0 Å². The van der Waals surface area contributed by atoms with Crippen molar-refractivity contribution in [1.29, 1.82) is 0 Å². The molecular formula is C26H39NO5U. The van der Waals surface area contributed by atoms with Gasteiger partial charge in [0.2, 0.25) is 0 Å². The van der Waals surface area contributed by atoms with E-state index in [1.54, 1.807) is 0 Å². The summed E-state index contributed by atoms with van der Waals surface area (Å²) in [5.74, 6) is -0.140. The van der Waals surface area contributed by atoms with E-state index >= 15 is 0 Å². The van der Waals surface area contributed by atoms with Crippen LogP contribution >= 0.6 is 0 Å². The Morgan fingerprint density at radius 1 is 1.30 bits per heavy atom. The SMILES string of the molecule is [CH2-]CO[C-]1C=C2CCC3C([C@H](O)CC4(C)C3C[C@H](C)[C@]4(N=O)C3(C)OCCO3)C2(C)CC1.[U+2]. The van der Waals surface area contributed by atoms with E-state index in [9.17, 15) is 10.0 Å². The Labute approximate surface area is 222 Å². The summed E-state index contributed by atoms with van der Waals surface area (Å²) < 4.78 is 17.9. The van der Waals surface area contributed by atoms with Gasteiger partial charge < -0.3 is 26.2 Å². The van der Waals surface area contributed by atoms with Crippen LogP contribution in [0.2, 0.25) is 0 Å². The second-order valence-corrected chi connectivity index (χ2v) is 11.6.